The third-order valence-corrected chi connectivity index (χ3v) is 2.66. The zero-order valence-electron chi connectivity index (χ0n) is 8.05. The summed E-state index contributed by atoms with van der Waals surface area (Å²) in [5, 5.41) is 15.6. The molecular formula is C13H9NO. The molecule has 0 aliphatic heterocycles. The highest BCUT2D eigenvalue weighted by molar-refractivity contribution is 6.06. The van der Waals surface area contributed by atoms with Crippen LogP contribution in [-0.4, -0.2) is 0 Å². The molecule has 15 heavy (non-hydrogen) atoms. The van der Waals surface area contributed by atoms with E-state index < -0.39 is 0 Å². The molecule has 0 bridgehead atoms. The molecule has 2 heteroatoms. The number of rotatable bonds is 0. The summed E-state index contributed by atoms with van der Waals surface area (Å²) in [5.41, 5.74) is 0. The van der Waals surface area contributed by atoms with Crippen molar-refractivity contribution in [3.8, 4) is 0 Å². The van der Waals surface area contributed by atoms with Gasteiger partial charge in [0.15, 0.2) is 12.4 Å². The van der Waals surface area contributed by atoms with E-state index in [2.05, 4.69) is 12.1 Å². The van der Waals surface area contributed by atoms with Gasteiger partial charge in [-0.15, -0.1) is 0 Å². The highest BCUT2D eigenvalue weighted by Crippen LogP contribution is 2.23. The van der Waals surface area contributed by atoms with E-state index in [0.717, 1.165) is 26.3 Å². The van der Waals surface area contributed by atoms with Gasteiger partial charge in [0, 0.05) is 6.07 Å². The molecule has 0 N–H and O–H groups in total. The largest absolute Gasteiger partial charge is 0.619 e. The molecule has 2 aromatic carbocycles. The maximum Gasteiger partial charge on any atom is 0.188 e. The maximum absolute atomic E-state index is 11.2. The van der Waals surface area contributed by atoms with Crippen molar-refractivity contribution in [2.24, 2.45) is 0 Å². The van der Waals surface area contributed by atoms with Crippen molar-refractivity contribution in [2.45, 2.75) is 0 Å². The van der Waals surface area contributed by atoms with Crippen LogP contribution in [0.3, 0.4) is 0 Å². The lowest BCUT2D eigenvalue weighted by Crippen LogP contribution is -2.23. The van der Waals surface area contributed by atoms with Crippen molar-refractivity contribution in [3.63, 3.8) is 0 Å². The van der Waals surface area contributed by atoms with Crippen LogP contribution < -0.4 is 4.73 Å². The Hall–Kier alpha value is -2.09. The molecule has 0 fully saturated rings. The summed E-state index contributed by atoms with van der Waals surface area (Å²) in [4.78, 5) is 0. The first-order valence-electron chi connectivity index (χ1n) is 4.85. The number of hydrogen-bond donors (Lipinski definition) is 0. The number of aromatic nitrogens is 1. The normalized spacial score (nSPS) is 10.9. The molecular weight excluding hydrogens is 186 g/mol. The van der Waals surface area contributed by atoms with Crippen molar-refractivity contribution in [2.75, 3.05) is 0 Å². The number of hydrogen-bond acceptors (Lipinski definition) is 1. The Bertz CT molecular complexity index is 646. The minimum Gasteiger partial charge on any atom is -0.619 e. The summed E-state index contributed by atoms with van der Waals surface area (Å²) in [6.45, 7) is 0. The third kappa shape index (κ3) is 1.22. The molecule has 1 aromatic heterocycles. The highest BCUT2D eigenvalue weighted by Gasteiger charge is 2.02. The summed E-state index contributed by atoms with van der Waals surface area (Å²) < 4.78 is 0.842. The highest BCUT2D eigenvalue weighted by atomic mass is 16.5. The van der Waals surface area contributed by atoms with E-state index in [4.69, 9.17) is 0 Å². The first kappa shape index (κ1) is 8.24. The monoisotopic (exact) mass is 195 g/mol. The van der Waals surface area contributed by atoms with E-state index in [0.29, 0.717) is 0 Å². The summed E-state index contributed by atoms with van der Waals surface area (Å²) >= 11 is 0. The van der Waals surface area contributed by atoms with Crippen LogP contribution in [0.5, 0.6) is 0 Å². The molecule has 0 radical (unpaired) electrons. The fraction of sp³-hybridized carbons (Fsp3) is 0. The zero-order valence-corrected chi connectivity index (χ0v) is 8.05. The molecule has 3 aromatic rings. The Labute approximate surface area is 87.0 Å². The van der Waals surface area contributed by atoms with Crippen LogP contribution in [0.15, 0.2) is 54.9 Å². The summed E-state index contributed by atoms with van der Waals surface area (Å²) in [7, 11) is 0. The Kier molecular flexibility index (Phi) is 1.62. The predicted molar refractivity (Wildman–Crippen MR) is 60.4 cm³/mol. The number of nitrogens with zero attached hydrogens (tertiary/aromatic N) is 1. The van der Waals surface area contributed by atoms with Crippen LogP contribution in [0.4, 0.5) is 0 Å². The summed E-state index contributed by atoms with van der Waals surface area (Å²) in [6.07, 6.45) is 3.15. The van der Waals surface area contributed by atoms with Crippen LogP contribution in [-0.2, 0) is 0 Å². The van der Waals surface area contributed by atoms with Crippen LogP contribution in [0.25, 0.3) is 21.5 Å². The second kappa shape index (κ2) is 2.95. The van der Waals surface area contributed by atoms with Gasteiger partial charge in [0.1, 0.15) is 0 Å². The molecule has 0 aliphatic carbocycles. The quantitative estimate of drug-likeness (QED) is 0.308. The van der Waals surface area contributed by atoms with Crippen LogP contribution in [0, 0.1) is 5.21 Å². The Morgan fingerprint density at radius 2 is 1.53 bits per heavy atom. The van der Waals surface area contributed by atoms with E-state index in [1.807, 2.05) is 30.3 Å². The van der Waals surface area contributed by atoms with Gasteiger partial charge in [-0.3, -0.25) is 0 Å². The van der Waals surface area contributed by atoms with Crippen LogP contribution in [0.2, 0.25) is 0 Å². The molecule has 2 nitrogen and oxygen atoms in total. The minimum atomic E-state index is 0.842. The number of pyridine rings is 1. The molecule has 0 spiro atoms. The Balaban J connectivity index is 2.57. The predicted octanol–water partition coefficient (Wildman–Crippen LogP) is 2.63. The second-order valence-electron chi connectivity index (χ2n) is 3.59. The fourth-order valence-electron chi connectivity index (χ4n) is 1.93. The standard InChI is InChI=1S/C13H9NO/c15-14-8-7-11-6-5-10-3-1-2-4-12(10)13(11)9-14/h1-9H. The van der Waals surface area contributed by atoms with Gasteiger partial charge < -0.3 is 5.21 Å². The van der Waals surface area contributed by atoms with Gasteiger partial charge in [-0.05, 0) is 16.2 Å². The minimum absolute atomic E-state index is 0.842. The van der Waals surface area contributed by atoms with Gasteiger partial charge in [-0.2, -0.15) is 4.73 Å². The van der Waals surface area contributed by atoms with Gasteiger partial charge in [0.05, 0.1) is 5.39 Å². The fourth-order valence-corrected chi connectivity index (χ4v) is 1.93. The lowest BCUT2D eigenvalue weighted by Gasteiger charge is -2.03. The van der Waals surface area contributed by atoms with E-state index in [-0.39, 0.29) is 0 Å². The molecule has 1 heterocycles. The maximum atomic E-state index is 11.2. The first-order chi connectivity index (χ1) is 7.34. The van der Waals surface area contributed by atoms with Crippen LogP contribution >= 0.6 is 0 Å². The summed E-state index contributed by atoms with van der Waals surface area (Å²) in [6, 6.07) is 14.0. The summed E-state index contributed by atoms with van der Waals surface area (Å²) in [5.74, 6) is 0. The van der Waals surface area contributed by atoms with Gasteiger partial charge in [0.25, 0.3) is 0 Å². The van der Waals surface area contributed by atoms with Crippen molar-refractivity contribution in [1.29, 1.82) is 0 Å². The second-order valence-corrected chi connectivity index (χ2v) is 3.59. The average molecular weight is 195 g/mol. The van der Waals surface area contributed by atoms with Crippen molar-refractivity contribution >= 4 is 21.5 Å². The number of fused-ring (bicyclic) bond motifs is 3. The van der Waals surface area contributed by atoms with Crippen molar-refractivity contribution < 1.29 is 4.73 Å². The van der Waals surface area contributed by atoms with E-state index in [9.17, 15) is 5.21 Å². The molecule has 3 rings (SSSR count). The average Bonchev–Trinajstić information content (AvgIpc) is 2.29. The molecule has 0 atom stereocenters. The van der Waals surface area contributed by atoms with Crippen LogP contribution in [0.1, 0.15) is 0 Å². The van der Waals surface area contributed by atoms with E-state index in [1.54, 1.807) is 6.20 Å². The van der Waals surface area contributed by atoms with Crippen molar-refractivity contribution in [1.82, 2.24) is 0 Å². The van der Waals surface area contributed by atoms with E-state index >= 15 is 0 Å². The first-order valence-corrected chi connectivity index (χ1v) is 4.85. The van der Waals surface area contributed by atoms with E-state index in [1.165, 1.54) is 6.20 Å². The topological polar surface area (TPSA) is 26.9 Å². The third-order valence-electron chi connectivity index (χ3n) is 2.66. The van der Waals surface area contributed by atoms with Gasteiger partial charge in [-0.1, -0.05) is 36.4 Å². The SMILES string of the molecule is [O-][n+]1ccc2ccc3ccccc3c2c1. The zero-order chi connectivity index (χ0) is 10.3. The lowest BCUT2D eigenvalue weighted by molar-refractivity contribution is -0.603. The molecule has 0 aliphatic rings. The lowest BCUT2D eigenvalue weighted by atomic mass is 10.0. The molecule has 0 saturated carbocycles. The van der Waals surface area contributed by atoms with Gasteiger partial charge >= 0.3 is 0 Å². The van der Waals surface area contributed by atoms with Gasteiger partial charge in [-0.25, -0.2) is 0 Å². The Morgan fingerprint density at radius 3 is 2.40 bits per heavy atom. The van der Waals surface area contributed by atoms with Gasteiger partial charge in [0.2, 0.25) is 0 Å². The van der Waals surface area contributed by atoms with Crippen molar-refractivity contribution in [3.05, 3.63) is 60.1 Å². The smallest absolute Gasteiger partial charge is 0.188 e. The Morgan fingerprint density at radius 1 is 0.800 bits per heavy atom. The molecule has 72 valence electrons. The molecule has 0 amide bonds. The molecule has 0 saturated heterocycles. The number of benzene rings is 2. The molecule has 0 unspecified atom stereocenters.